The summed E-state index contributed by atoms with van der Waals surface area (Å²) in [6, 6.07) is 0. The molecule has 1 aliphatic rings. The van der Waals surface area contributed by atoms with E-state index in [9.17, 15) is 4.79 Å². The first-order chi connectivity index (χ1) is 6.11. The molecular formula is C11H20O2. The van der Waals surface area contributed by atoms with Crippen molar-refractivity contribution in [3.05, 3.63) is 0 Å². The van der Waals surface area contributed by atoms with Crippen LogP contribution in [-0.4, -0.2) is 11.1 Å². The van der Waals surface area contributed by atoms with Gasteiger partial charge in [0.15, 0.2) is 0 Å². The average molecular weight is 184 g/mol. The van der Waals surface area contributed by atoms with Crippen LogP contribution in [0.1, 0.15) is 46.0 Å². The maximum absolute atomic E-state index is 10.6. The van der Waals surface area contributed by atoms with E-state index in [1.807, 2.05) is 0 Å². The minimum atomic E-state index is -0.652. The molecular weight excluding hydrogens is 164 g/mol. The lowest BCUT2D eigenvalue weighted by molar-refractivity contribution is -0.141. The van der Waals surface area contributed by atoms with Gasteiger partial charge in [-0.05, 0) is 24.7 Å². The van der Waals surface area contributed by atoms with Crippen LogP contribution in [0.5, 0.6) is 0 Å². The van der Waals surface area contributed by atoms with Crippen LogP contribution in [0.25, 0.3) is 0 Å². The number of carboxylic acid groups (broad SMARTS) is 1. The van der Waals surface area contributed by atoms with E-state index in [0.717, 1.165) is 24.7 Å². The summed E-state index contributed by atoms with van der Waals surface area (Å²) in [5, 5.41) is 8.70. The molecule has 2 nitrogen and oxygen atoms in total. The molecule has 0 aromatic rings. The highest BCUT2D eigenvalue weighted by atomic mass is 16.4. The zero-order chi connectivity index (χ0) is 9.84. The van der Waals surface area contributed by atoms with Gasteiger partial charge in [-0.15, -0.1) is 0 Å². The number of carbonyl (C=O) groups is 1. The summed E-state index contributed by atoms with van der Waals surface area (Å²) in [6.45, 7) is 4.06. The summed E-state index contributed by atoms with van der Waals surface area (Å²) >= 11 is 0. The molecule has 1 saturated carbocycles. The van der Waals surface area contributed by atoms with Gasteiger partial charge in [-0.2, -0.15) is 0 Å². The van der Waals surface area contributed by atoms with Gasteiger partial charge >= 0.3 is 5.97 Å². The Morgan fingerprint density at radius 2 is 2.00 bits per heavy atom. The van der Waals surface area contributed by atoms with Crippen molar-refractivity contribution < 1.29 is 9.90 Å². The smallest absolute Gasteiger partial charge is 0.306 e. The van der Waals surface area contributed by atoms with Crippen LogP contribution < -0.4 is 0 Å². The molecule has 0 amide bonds. The predicted molar refractivity (Wildman–Crippen MR) is 52.5 cm³/mol. The van der Waals surface area contributed by atoms with Gasteiger partial charge in [0.1, 0.15) is 0 Å². The monoisotopic (exact) mass is 184 g/mol. The number of aliphatic carboxylic acids is 1. The first-order valence-corrected chi connectivity index (χ1v) is 5.34. The summed E-state index contributed by atoms with van der Waals surface area (Å²) < 4.78 is 0. The van der Waals surface area contributed by atoms with Crippen molar-refractivity contribution in [2.45, 2.75) is 46.0 Å². The fraction of sp³-hybridized carbons (Fsp3) is 0.909. The lowest BCUT2D eigenvalue weighted by Gasteiger charge is -2.31. The average Bonchev–Trinajstić information content (AvgIpc) is 1.96. The molecule has 0 bridgehead atoms. The SMILES string of the molecule is CC(CCC(C)C1CCC1)C(=O)O. The number of hydrogen-bond donors (Lipinski definition) is 1. The van der Waals surface area contributed by atoms with Crippen LogP contribution in [0.4, 0.5) is 0 Å². The molecule has 1 aliphatic carbocycles. The van der Waals surface area contributed by atoms with Crippen molar-refractivity contribution >= 4 is 5.97 Å². The molecule has 13 heavy (non-hydrogen) atoms. The molecule has 0 aromatic carbocycles. The molecule has 76 valence electrons. The molecule has 1 rings (SSSR count). The van der Waals surface area contributed by atoms with Crippen molar-refractivity contribution in [2.24, 2.45) is 17.8 Å². The Bertz CT molecular complexity index is 173. The highest BCUT2D eigenvalue weighted by Crippen LogP contribution is 2.35. The second kappa shape index (κ2) is 4.64. The van der Waals surface area contributed by atoms with Crippen LogP contribution in [-0.2, 0) is 4.79 Å². The third-order valence-corrected chi connectivity index (χ3v) is 3.43. The van der Waals surface area contributed by atoms with Gasteiger partial charge in [0, 0.05) is 0 Å². The quantitative estimate of drug-likeness (QED) is 0.713. The Morgan fingerprint density at radius 1 is 1.38 bits per heavy atom. The largest absolute Gasteiger partial charge is 0.481 e. The van der Waals surface area contributed by atoms with Gasteiger partial charge in [-0.3, -0.25) is 4.79 Å². The first-order valence-electron chi connectivity index (χ1n) is 5.34. The molecule has 2 atom stereocenters. The van der Waals surface area contributed by atoms with Gasteiger partial charge in [0.05, 0.1) is 5.92 Å². The van der Waals surface area contributed by atoms with Crippen LogP contribution in [0.15, 0.2) is 0 Å². The highest BCUT2D eigenvalue weighted by Gasteiger charge is 2.24. The molecule has 0 saturated heterocycles. The third kappa shape index (κ3) is 3.02. The van der Waals surface area contributed by atoms with E-state index < -0.39 is 5.97 Å². The Hall–Kier alpha value is -0.530. The van der Waals surface area contributed by atoms with Gasteiger partial charge < -0.3 is 5.11 Å². The molecule has 0 aromatic heterocycles. The van der Waals surface area contributed by atoms with Gasteiger partial charge in [0.25, 0.3) is 0 Å². The minimum absolute atomic E-state index is 0.164. The standard InChI is InChI=1S/C11H20O2/c1-8(10-4-3-5-10)6-7-9(2)11(12)13/h8-10H,3-7H2,1-2H3,(H,12,13). The molecule has 2 heteroatoms. The first kappa shape index (κ1) is 10.6. The van der Waals surface area contributed by atoms with Crippen LogP contribution in [0.2, 0.25) is 0 Å². The summed E-state index contributed by atoms with van der Waals surface area (Å²) in [6.07, 6.45) is 6.03. The fourth-order valence-electron chi connectivity index (χ4n) is 1.88. The Balaban J connectivity index is 2.13. The Kier molecular flexibility index (Phi) is 3.76. The van der Waals surface area contributed by atoms with Crippen molar-refractivity contribution in [1.82, 2.24) is 0 Å². The third-order valence-electron chi connectivity index (χ3n) is 3.43. The molecule has 1 fully saturated rings. The van der Waals surface area contributed by atoms with E-state index >= 15 is 0 Å². The van der Waals surface area contributed by atoms with Gasteiger partial charge in [0.2, 0.25) is 0 Å². The van der Waals surface area contributed by atoms with E-state index in [2.05, 4.69) is 6.92 Å². The normalized spacial score (nSPS) is 22.0. The molecule has 2 unspecified atom stereocenters. The van der Waals surface area contributed by atoms with E-state index in [-0.39, 0.29) is 5.92 Å². The van der Waals surface area contributed by atoms with Crippen molar-refractivity contribution in [3.63, 3.8) is 0 Å². The predicted octanol–water partition coefficient (Wildman–Crippen LogP) is 2.92. The summed E-state index contributed by atoms with van der Waals surface area (Å²) in [4.78, 5) is 10.6. The van der Waals surface area contributed by atoms with Gasteiger partial charge in [-0.25, -0.2) is 0 Å². The summed E-state index contributed by atoms with van der Waals surface area (Å²) in [7, 11) is 0. The maximum atomic E-state index is 10.6. The second-order valence-electron chi connectivity index (χ2n) is 4.48. The van der Waals surface area contributed by atoms with E-state index in [4.69, 9.17) is 5.11 Å². The van der Waals surface area contributed by atoms with Crippen molar-refractivity contribution in [3.8, 4) is 0 Å². The van der Waals surface area contributed by atoms with Crippen LogP contribution >= 0.6 is 0 Å². The van der Waals surface area contributed by atoms with Crippen LogP contribution in [0.3, 0.4) is 0 Å². The Morgan fingerprint density at radius 3 is 2.38 bits per heavy atom. The van der Waals surface area contributed by atoms with E-state index in [0.29, 0.717) is 0 Å². The van der Waals surface area contributed by atoms with Crippen LogP contribution in [0, 0.1) is 17.8 Å². The summed E-state index contributed by atoms with van der Waals surface area (Å²) in [5.41, 5.74) is 0. The molecule has 0 spiro atoms. The zero-order valence-corrected chi connectivity index (χ0v) is 8.62. The molecule has 0 radical (unpaired) electrons. The number of hydrogen-bond acceptors (Lipinski definition) is 1. The minimum Gasteiger partial charge on any atom is -0.481 e. The fourth-order valence-corrected chi connectivity index (χ4v) is 1.88. The van der Waals surface area contributed by atoms with E-state index in [1.54, 1.807) is 6.92 Å². The number of rotatable bonds is 5. The zero-order valence-electron chi connectivity index (χ0n) is 8.62. The molecule has 0 aliphatic heterocycles. The highest BCUT2D eigenvalue weighted by molar-refractivity contribution is 5.69. The molecule has 0 heterocycles. The topological polar surface area (TPSA) is 37.3 Å². The lowest BCUT2D eigenvalue weighted by Crippen LogP contribution is -2.21. The Labute approximate surface area is 80.3 Å². The van der Waals surface area contributed by atoms with E-state index in [1.165, 1.54) is 19.3 Å². The lowest BCUT2D eigenvalue weighted by atomic mass is 9.74. The maximum Gasteiger partial charge on any atom is 0.306 e. The van der Waals surface area contributed by atoms with Gasteiger partial charge in [-0.1, -0.05) is 33.1 Å². The number of carboxylic acids is 1. The van der Waals surface area contributed by atoms with Crippen molar-refractivity contribution in [2.75, 3.05) is 0 Å². The second-order valence-corrected chi connectivity index (χ2v) is 4.48. The summed E-state index contributed by atoms with van der Waals surface area (Å²) in [5.74, 6) is 0.805. The van der Waals surface area contributed by atoms with Crippen molar-refractivity contribution in [1.29, 1.82) is 0 Å². The molecule has 1 N–H and O–H groups in total.